The summed E-state index contributed by atoms with van der Waals surface area (Å²) in [5, 5.41) is 15.2. The molecule has 0 aliphatic heterocycles. The van der Waals surface area contributed by atoms with Gasteiger partial charge in [0.2, 0.25) is 0 Å². The number of carbonyl (C=O) groups is 2. The Kier molecular flexibility index (Phi) is 8.66. The minimum Gasteiger partial charge on any atom is -0.483 e. The summed E-state index contributed by atoms with van der Waals surface area (Å²) in [7, 11) is 0. The maximum absolute atomic E-state index is 9.89. The van der Waals surface area contributed by atoms with E-state index in [0.29, 0.717) is 0 Å². The zero-order valence-corrected chi connectivity index (χ0v) is 5.37. The van der Waals surface area contributed by atoms with Crippen molar-refractivity contribution in [3.63, 3.8) is 0 Å². The molecular weight excluding hydrogens is 124 g/mol. The number of ketones is 1. The van der Waals surface area contributed by atoms with Gasteiger partial charge in [0.05, 0.1) is 0 Å². The zero-order valence-electron chi connectivity index (χ0n) is 5.37. The molecule has 0 heterocycles. The summed E-state index contributed by atoms with van der Waals surface area (Å²) >= 11 is 0. The topological polar surface area (TPSA) is 74.6 Å². The number of carboxylic acid groups (broad SMARTS) is 1. The Hall–Kier alpha value is -0.900. The SMILES string of the molecule is CC(=O)C(C)O.O=CO. The Morgan fingerprint density at radius 1 is 1.67 bits per heavy atom. The standard InChI is InChI=1S/C4H8O2.CH2O2/c1-3(5)4(2)6;2-1-3/h3,5H,1-2H3;1H,(H,2,3). The largest absolute Gasteiger partial charge is 0.483 e. The average molecular weight is 134 g/mol. The maximum Gasteiger partial charge on any atom is 0.290 e. The summed E-state index contributed by atoms with van der Waals surface area (Å²) in [6.07, 6.45) is -0.787. The van der Waals surface area contributed by atoms with E-state index >= 15 is 0 Å². The van der Waals surface area contributed by atoms with Gasteiger partial charge in [0.1, 0.15) is 6.10 Å². The summed E-state index contributed by atoms with van der Waals surface area (Å²) in [6.45, 7) is 2.55. The molecule has 2 N–H and O–H groups in total. The lowest BCUT2D eigenvalue weighted by atomic mass is 10.3. The highest BCUT2D eigenvalue weighted by Crippen LogP contribution is 1.76. The van der Waals surface area contributed by atoms with Crippen LogP contribution in [-0.4, -0.2) is 28.6 Å². The van der Waals surface area contributed by atoms with Crippen LogP contribution in [0.5, 0.6) is 0 Å². The third-order valence-electron chi connectivity index (χ3n) is 0.588. The minimum atomic E-state index is -0.787. The molecule has 0 aromatic heterocycles. The van der Waals surface area contributed by atoms with Gasteiger partial charge in [0, 0.05) is 0 Å². The first-order valence-electron chi connectivity index (χ1n) is 2.32. The molecule has 0 amide bonds. The van der Waals surface area contributed by atoms with Crippen LogP contribution in [0.15, 0.2) is 0 Å². The lowest BCUT2D eigenvalue weighted by molar-refractivity contribution is -0.124. The Labute approximate surface area is 53.1 Å². The molecule has 0 saturated carbocycles. The van der Waals surface area contributed by atoms with Gasteiger partial charge in [0.15, 0.2) is 5.78 Å². The second-order valence-electron chi connectivity index (χ2n) is 1.39. The highest BCUT2D eigenvalue weighted by atomic mass is 16.3. The van der Waals surface area contributed by atoms with Gasteiger partial charge in [-0.2, -0.15) is 0 Å². The van der Waals surface area contributed by atoms with E-state index in [1.165, 1.54) is 13.8 Å². The number of Topliss-reactive ketones (excluding diaryl/α,β-unsaturated/α-hetero) is 1. The molecule has 0 saturated heterocycles. The van der Waals surface area contributed by atoms with Gasteiger partial charge in [0.25, 0.3) is 6.47 Å². The van der Waals surface area contributed by atoms with E-state index in [1.807, 2.05) is 0 Å². The number of hydrogen-bond acceptors (Lipinski definition) is 3. The molecule has 54 valence electrons. The molecule has 4 nitrogen and oxygen atoms in total. The number of carbonyl (C=O) groups excluding carboxylic acids is 1. The number of aliphatic hydroxyl groups is 1. The van der Waals surface area contributed by atoms with E-state index < -0.39 is 6.10 Å². The fourth-order valence-corrected chi connectivity index (χ4v) is 0. The van der Waals surface area contributed by atoms with Gasteiger partial charge >= 0.3 is 0 Å². The quantitative estimate of drug-likeness (QED) is 0.481. The molecule has 0 spiro atoms. The Bertz CT molecular complexity index is 87.0. The molecular formula is C5H10O4. The highest BCUT2D eigenvalue weighted by molar-refractivity contribution is 5.79. The average Bonchev–Trinajstić information content (AvgIpc) is 1.68. The number of hydrogen-bond donors (Lipinski definition) is 2. The molecule has 0 aromatic rings. The van der Waals surface area contributed by atoms with Gasteiger partial charge < -0.3 is 10.2 Å². The maximum atomic E-state index is 9.89. The van der Waals surface area contributed by atoms with E-state index in [-0.39, 0.29) is 12.3 Å². The van der Waals surface area contributed by atoms with Crippen molar-refractivity contribution in [2.75, 3.05) is 0 Å². The molecule has 9 heavy (non-hydrogen) atoms. The van der Waals surface area contributed by atoms with Crippen LogP contribution in [0, 0.1) is 0 Å². The van der Waals surface area contributed by atoms with Crippen LogP contribution in [0.4, 0.5) is 0 Å². The summed E-state index contributed by atoms with van der Waals surface area (Å²) in [5.41, 5.74) is 0. The van der Waals surface area contributed by atoms with Crippen LogP contribution >= 0.6 is 0 Å². The van der Waals surface area contributed by atoms with Crippen molar-refractivity contribution in [2.45, 2.75) is 20.0 Å². The van der Waals surface area contributed by atoms with Crippen LogP contribution in [0.2, 0.25) is 0 Å². The lowest BCUT2D eigenvalue weighted by Gasteiger charge is -1.90. The molecule has 0 rings (SSSR count). The smallest absolute Gasteiger partial charge is 0.290 e. The summed E-state index contributed by atoms with van der Waals surface area (Å²) in [4.78, 5) is 18.3. The molecule has 1 atom stereocenters. The van der Waals surface area contributed by atoms with E-state index in [4.69, 9.17) is 15.0 Å². The van der Waals surface area contributed by atoms with Gasteiger partial charge in [-0.05, 0) is 13.8 Å². The third kappa shape index (κ3) is 19.2. The van der Waals surface area contributed by atoms with Gasteiger partial charge in [-0.3, -0.25) is 9.59 Å². The van der Waals surface area contributed by atoms with Gasteiger partial charge in [-0.25, -0.2) is 0 Å². The predicted octanol–water partition coefficient (Wildman–Crippen LogP) is -0.343. The first kappa shape index (κ1) is 11.0. The van der Waals surface area contributed by atoms with Crippen molar-refractivity contribution in [3.8, 4) is 0 Å². The molecule has 1 unspecified atom stereocenters. The molecule has 0 radical (unpaired) electrons. The molecule has 0 bridgehead atoms. The Morgan fingerprint density at radius 2 is 1.78 bits per heavy atom. The first-order chi connectivity index (χ1) is 4.06. The van der Waals surface area contributed by atoms with Crippen LogP contribution in [0.1, 0.15) is 13.8 Å². The second kappa shape index (κ2) is 7.10. The van der Waals surface area contributed by atoms with E-state index in [0.717, 1.165) is 0 Å². The van der Waals surface area contributed by atoms with Crippen molar-refractivity contribution < 1.29 is 19.8 Å². The van der Waals surface area contributed by atoms with Crippen molar-refractivity contribution >= 4 is 12.3 Å². The zero-order chi connectivity index (χ0) is 7.86. The van der Waals surface area contributed by atoms with Crippen LogP contribution in [-0.2, 0) is 9.59 Å². The Morgan fingerprint density at radius 3 is 1.78 bits per heavy atom. The third-order valence-corrected chi connectivity index (χ3v) is 0.588. The van der Waals surface area contributed by atoms with Crippen LogP contribution in [0.25, 0.3) is 0 Å². The monoisotopic (exact) mass is 134 g/mol. The van der Waals surface area contributed by atoms with Gasteiger partial charge in [-0.15, -0.1) is 0 Å². The van der Waals surface area contributed by atoms with E-state index in [2.05, 4.69) is 0 Å². The molecule has 0 aromatic carbocycles. The predicted molar refractivity (Wildman–Crippen MR) is 31.1 cm³/mol. The van der Waals surface area contributed by atoms with Crippen molar-refractivity contribution in [3.05, 3.63) is 0 Å². The van der Waals surface area contributed by atoms with E-state index in [9.17, 15) is 4.79 Å². The van der Waals surface area contributed by atoms with Crippen molar-refractivity contribution in [1.82, 2.24) is 0 Å². The minimum absolute atomic E-state index is 0.185. The Balaban J connectivity index is 0. The summed E-state index contributed by atoms with van der Waals surface area (Å²) < 4.78 is 0. The van der Waals surface area contributed by atoms with E-state index in [1.54, 1.807) is 0 Å². The first-order valence-corrected chi connectivity index (χ1v) is 2.32. The molecule has 4 heteroatoms. The molecule has 0 aliphatic carbocycles. The number of aliphatic hydroxyl groups excluding tert-OH is 1. The fourth-order valence-electron chi connectivity index (χ4n) is 0. The number of rotatable bonds is 1. The highest BCUT2D eigenvalue weighted by Gasteiger charge is 1.97. The normalized spacial score (nSPS) is 10.6. The molecule has 0 aliphatic rings. The lowest BCUT2D eigenvalue weighted by Crippen LogP contribution is -2.10. The van der Waals surface area contributed by atoms with Crippen molar-refractivity contribution in [1.29, 1.82) is 0 Å². The fraction of sp³-hybridized carbons (Fsp3) is 0.600. The second-order valence-corrected chi connectivity index (χ2v) is 1.39. The van der Waals surface area contributed by atoms with Gasteiger partial charge in [-0.1, -0.05) is 0 Å². The summed E-state index contributed by atoms with van der Waals surface area (Å²) in [6, 6.07) is 0. The summed E-state index contributed by atoms with van der Waals surface area (Å²) in [5.74, 6) is -0.185. The van der Waals surface area contributed by atoms with Crippen LogP contribution < -0.4 is 0 Å². The van der Waals surface area contributed by atoms with Crippen LogP contribution in [0.3, 0.4) is 0 Å². The molecule has 0 fully saturated rings. The van der Waals surface area contributed by atoms with Crippen molar-refractivity contribution in [2.24, 2.45) is 0 Å².